The Kier molecular flexibility index (Phi) is 4.76. The molecule has 0 N–H and O–H groups in total. The normalized spacial score (nSPS) is 24.6. The fourth-order valence-corrected chi connectivity index (χ4v) is 3.57. The number of nitrogens with zero attached hydrogens (tertiary/aromatic N) is 4. The van der Waals surface area contributed by atoms with E-state index in [4.69, 9.17) is 4.52 Å². The number of piperidine rings is 2. The zero-order chi connectivity index (χ0) is 15.5. The van der Waals surface area contributed by atoms with E-state index in [0.717, 1.165) is 51.2 Å². The summed E-state index contributed by atoms with van der Waals surface area (Å²) in [7, 11) is 0. The lowest BCUT2D eigenvalue weighted by Crippen LogP contribution is -2.48. The van der Waals surface area contributed by atoms with Gasteiger partial charge in [-0.1, -0.05) is 5.16 Å². The molecule has 2 fully saturated rings. The Morgan fingerprint density at radius 3 is 2.64 bits per heavy atom. The predicted octanol–water partition coefficient (Wildman–Crippen LogP) is 1.96. The molecular formula is C16H26N4O2. The van der Waals surface area contributed by atoms with E-state index in [1.54, 1.807) is 0 Å². The van der Waals surface area contributed by atoms with Crippen molar-refractivity contribution in [1.82, 2.24) is 19.9 Å². The summed E-state index contributed by atoms with van der Waals surface area (Å²) in [5, 5.41) is 3.87. The van der Waals surface area contributed by atoms with Gasteiger partial charge in [-0.25, -0.2) is 0 Å². The molecule has 6 heteroatoms. The number of carbonyl (C=O) groups is 1. The molecule has 2 aliphatic rings. The quantitative estimate of drug-likeness (QED) is 0.854. The molecule has 2 aliphatic heterocycles. The summed E-state index contributed by atoms with van der Waals surface area (Å²) in [4.78, 5) is 21.1. The minimum atomic E-state index is 0.291. The first-order valence-electron chi connectivity index (χ1n) is 8.45. The average Bonchev–Trinajstić information content (AvgIpc) is 2.95. The van der Waals surface area contributed by atoms with Crippen LogP contribution in [0.3, 0.4) is 0 Å². The first-order chi connectivity index (χ1) is 10.6. The van der Waals surface area contributed by atoms with E-state index in [2.05, 4.69) is 26.9 Å². The van der Waals surface area contributed by atoms with Crippen LogP contribution >= 0.6 is 0 Å². The molecule has 0 aromatic carbocycles. The number of aromatic nitrogens is 2. The fraction of sp³-hybridized carbons (Fsp3) is 0.812. The molecule has 3 heterocycles. The standard InChI is InChI=1S/C16H26N4O2/c1-12-5-3-4-8-20(12)15(21)11-19-9-6-14(7-10-19)16-17-13(2)18-22-16/h12,14H,3-11H2,1-2H3/t12-/m0/s1. The summed E-state index contributed by atoms with van der Waals surface area (Å²) in [5.41, 5.74) is 0. The second-order valence-corrected chi connectivity index (χ2v) is 6.66. The van der Waals surface area contributed by atoms with Crippen LogP contribution in [0.15, 0.2) is 4.52 Å². The SMILES string of the molecule is Cc1noc(C2CCN(CC(=O)N3CCCC[C@@H]3C)CC2)n1. The molecule has 0 spiro atoms. The Bertz CT molecular complexity index is 508. The second kappa shape index (κ2) is 6.77. The van der Waals surface area contributed by atoms with Crippen molar-refractivity contribution < 1.29 is 9.32 Å². The van der Waals surface area contributed by atoms with Crippen LogP contribution in [0.1, 0.15) is 56.7 Å². The average molecular weight is 306 g/mol. The number of hydrogen-bond acceptors (Lipinski definition) is 5. The van der Waals surface area contributed by atoms with Gasteiger partial charge in [0.25, 0.3) is 0 Å². The molecule has 0 radical (unpaired) electrons. The Balaban J connectivity index is 1.48. The van der Waals surface area contributed by atoms with Gasteiger partial charge < -0.3 is 9.42 Å². The third-order valence-corrected chi connectivity index (χ3v) is 4.96. The first-order valence-corrected chi connectivity index (χ1v) is 8.45. The van der Waals surface area contributed by atoms with E-state index in [-0.39, 0.29) is 0 Å². The molecule has 0 unspecified atom stereocenters. The highest BCUT2D eigenvalue weighted by Gasteiger charge is 2.28. The van der Waals surface area contributed by atoms with Gasteiger partial charge >= 0.3 is 0 Å². The van der Waals surface area contributed by atoms with E-state index in [1.165, 1.54) is 6.42 Å². The molecule has 22 heavy (non-hydrogen) atoms. The largest absolute Gasteiger partial charge is 0.339 e. The van der Waals surface area contributed by atoms with Crippen LogP contribution in [-0.2, 0) is 4.79 Å². The lowest BCUT2D eigenvalue weighted by atomic mass is 9.96. The maximum Gasteiger partial charge on any atom is 0.236 e. The molecule has 1 amide bonds. The van der Waals surface area contributed by atoms with Gasteiger partial charge in [-0.2, -0.15) is 4.98 Å². The topological polar surface area (TPSA) is 62.5 Å². The van der Waals surface area contributed by atoms with Crippen LogP contribution < -0.4 is 0 Å². The minimum absolute atomic E-state index is 0.291. The molecule has 0 bridgehead atoms. The second-order valence-electron chi connectivity index (χ2n) is 6.66. The molecule has 2 saturated heterocycles. The maximum absolute atomic E-state index is 12.5. The summed E-state index contributed by atoms with van der Waals surface area (Å²) < 4.78 is 5.27. The van der Waals surface area contributed by atoms with Crippen molar-refractivity contribution in [2.45, 2.75) is 57.9 Å². The van der Waals surface area contributed by atoms with E-state index in [0.29, 0.717) is 30.2 Å². The van der Waals surface area contributed by atoms with Gasteiger partial charge in [-0.05, 0) is 59.0 Å². The molecule has 0 saturated carbocycles. The summed E-state index contributed by atoms with van der Waals surface area (Å²) in [6, 6.07) is 0.403. The van der Waals surface area contributed by atoms with E-state index < -0.39 is 0 Å². The van der Waals surface area contributed by atoms with Gasteiger partial charge in [0.1, 0.15) is 0 Å². The molecule has 122 valence electrons. The number of hydrogen-bond donors (Lipinski definition) is 0. The molecule has 1 aromatic rings. The zero-order valence-corrected chi connectivity index (χ0v) is 13.6. The number of rotatable bonds is 3. The van der Waals surface area contributed by atoms with Crippen LogP contribution in [0.5, 0.6) is 0 Å². The Morgan fingerprint density at radius 1 is 1.23 bits per heavy atom. The third kappa shape index (κ3) is 3.48. The highest BCUT2D eigenvalue weighted by molar-refractivity contribution is 5.78. The summed E-state index contributed by atoms with van der Waals surface area (Å²) in [6.45, 7) is 7.36. The molecule has 6 nitrogen and oxygen atoms in total. The third-order valence-electron chi connectivity index (χ3n) is 4.96. The van der Waals surface area contributed by atoms with Gasteiger partial charge in [-0.15, -0.1) is 0 Å². The lowest BCUT2D eigenvalue weighted by molar-refractivity contribution is -0.135. The van der Waals surface area contributed by atoms with Crippen LogP contribution in [0, 0.1) is 6.92 Å². The van der Waals surface area contributed by atoms with Crippen LogP contribution in [-0.4, -0.2) is 58.1 Å². The van der Waals surface area contributed by atoms with Gasteiger partial charge in [-0.3, -0.25) is 9.69 Å². The van der Waals surface area contributed by atoms with E-state index >= 15 is 0 Å². The number of amides is 1. The van der Waals surface area contributed by atoms with Crippen molar-refractivity contribution in [3.05, 3.63) is 11.7 Å². The molecular weight excluding hydrogens is 280 g/mol. The zero-order valence-electron chi connectivity index (χ0n) is 13.6. The molecule has 1 aromatic heterocycles. The molecule has 3 rings (SSSR count). The Labute approximate surface area is 131 Å². The van der Waals surface area contributed by atoms with Crippen molar-refractivity contribution in [3.8, 4) is 0 Å². The summed E-state index contributed by atoms with van der Waals surface area (Å²) in [5.74, 6) is 2.10. The highest BCUT2D eigenvalue weighted by atomic mass is 16.5. The highest BCUT2D eigenvalue weighted by Crippen LogP contribution is 2.27. The lowest BCUT2D eigenvalue weighted by Gasteiger charge is -2.36. The van der Waals surface area contributed by atoms with E-state index in [1.807, 2.05) is 6.92 Å². The van der Waals surface area contributed by atoms with Crippen LogP contribution in [0.25, 0.3) is 0 Å². The van der Waals surface area contributed by atoms with Gasteiger partial charge in [0, 0.05) is 18.5 Å². The number of aryl methyl sites for hydroxylation is 1. The van der Waals surface area contributed by atoms with E-state index in [9.17, 15) is 4.79 Å². The van der Waals surface area contributed by atoms with Gasteiger partial charge in [0.05, 0.1) is 6.54 Å². The first kappa shape index (κ1) is 15.5. The van der Waals surface area contributed by atoms with Crippen molar-refractivity contribution >= 4 is 5.91 Å². The number of likely N-dealkylation sites (tertiary alicyclic amines) is 2. The fourth-order valence-electron chi connectivity index (χ4n) is 3.57. The minimum Gasteiger partial charge on any atom is -0.339 e. The number of carbonyl (C=O) groups excluding carboxylic acids is 1. The van der Waals surface area contributed by atoms with Gasteiger partial charge in [0.15, 0.2) is 5.82 Å². The molecule has 0 aliphatic carbocycles. The maximum atomic E-state index is 12.5. The Morgan fingerprint density at radius 2 is 2.00 bits per heavy atom. The monoisotopic (exact) mass is 306 g/mol. The van der Waals surface area contributed by atoms with Crippen molar-refractivity contribution in [2.24, 2.45) is 0 Å². The van der Waals surface area contributed by atoms with Crippen LogP contribution in [0.2, 0.25) is 0 Å². The Hall–Kier alpha value is -1.43. The van der Waals surface area contributed by atoms with Gasteiger partial charge in [0.2, 0.25) is 11.8 Å². The molecule has 1 atom stereocenters. The van der Waals surface area contributed by atoms with Crippen LogP contribution in [0.4, 0.5) is 0 Å². The van der Waals surface area contributed by atoms with Crippen molar-refractivity contribution in [1.29, 1.82) is 0 Å². The summed E-state index contributed by atoms with van der Waals surface area (Å²) >= 11 is 0. The van der Waals surface area contributed by atoms with Crippen molar-refractivity contribution in [2.75, 3.05) is 26.2 Å². The smallest absolute Gasteiger partial charge is 0.236 e. The predicted molar refractivity (Wildman–Crippen MR) is 82.5 cm³/mol. The summed E-state index contributed by atoms with van der Waals surface area (Å²) in [6.07, 6.45) is 5.52. The van der Waals surface area contributed by atoms with Crippen molar-refractivity contribution in [3.63, 3.8) is 0 Å².